The Morgan fingerprint density at radius 1 is 1.38 bits per heavy atom. The number of aliphatic carboxylic acids is 2. The van der Waals surface area contributed by atoms with Crippen molar-refractivity contribution in [1.29, 1.82) is 0 Å². The molecule has 0 bridgehead atoms. The van der Waals surface area contributed by atoms with Crippen LogP contribution in [0.25, 0.3) is 0 Å². The Labute approximate surface area is 74.0 Å². The molecule has 1 unspecified atom stereocenters. The molecule has 0 aliphatic heterocycles. The zero-order valence-electron chi connectivity index (χ0n) is 6.75. The predicted molar refractivity (Wildman–Crippen MR) is 40.8 cm³/mol. The third kappa shape index (κ3) is 1.63. The molecule has 13 heavy (non-hydrogen) atoms. The number of carbonyl (C=O) groups is 2. The maximum atomic E-state index is 10.5. The van der Waals surface area contributed by atoms with Crippen LogP contribution in [0.5, 0.6) is 0 Å². The molecule has 0 heterocycles. The summed E-state index contributed by atoms with van der Waals surface area (Å²) < 4.78 is 0. The van der Waals surface area contributed by atoms with E-state index in [1.54, 1.807) is 0 Å². The van der Waals surface area contributed by atoms with Gasteiger partial charge in [0.25, 0.3) is 0 Å². The van der Waals surface area contributed by atoms with E-state index in [1.165, 1.54) is 0 Å². The van der Waals surface area contributed by atoms with Gasteiger partial charge in [0.1, 0.15) is 6.04 Å². The Bertz CT molecular complexity index is 241. The second kappa shape index (κ2) is 3.31. The largest absolute Gasteiger partial charge is 0.481 e. The SMILES string of the molecule is NC(C(=O)O)[C@H]1[C@@H](CO)[C@@H]1C(=O)O. The highest BCUT2D eigenvalue weighted by Crippen LogP contribution is 2.47. The third-order valence-electron chi connectivity index (χ3n) is 2.43. The highest BCUT2D eigenvalue weighted by Gasteiger charge is 2.59. The standard InChI is InChI=1S/C7H11NO5/c8-5(7(12)13)3-2(1-9)4(3)6(10)11/h2-5,9H,1,8H2,(H,10,11)(H,12,13)/t2-,3+,4+,5?/m1/s1. The molecular formula is C7H11NO5. The van der Waals surface area contributed by atoms with Crippen molar-refractivity contribution < 1.29 is 24.9 Å². The lowest BCUT2D eigenvalue weighted by Crippen LogP contribution is -2.34. The zero-order valence-corrected chi connectivity index (χ0v) is 6.75. The monoisotopic (exact) mass is 189 g/mol. The molecule has 6 nitrogen and oxygen atoms in total. The van der Waals surface area contributed by atoms with Crippen LogP contribution in [0.2, 0.25) is 0 Å². The molecule has 1 saturated carbocycles. The zero-order chi connectivity index (χ0) is 10.2. The average molecular weight is 189 g/mol. The van der Waals surface area contributed by atoms with Crippen molar-refractivity contribution in [2.45, 2.75) is 6.04 Å². The summed E-state index contributed by atoms with van der Waals surface area (Å²) in [5.74, 6) is -4.28. The van der Waals surface area contributed by atoms with Crippen LogP contribution in [0.3, 0.4) is 0 Å². The van der Waals surface area contributed by atoms with Crippen LogP contribution in [0.1, 0.15) is 0 Å². The first kappa shape index (κ1) is 9.94. The van der Waals surface area contributed by atoms with E-state index in [0.29, 0.717) is 0 Å². The van der Waals surface area contributed by atoms with Gasteiger partial charge < -0.3 is 21.1 Å². The minimum absolute atomic E-state index is 0.331. The number of rotatable bonds is 4. The summed E-state index contributed by atoms with van der Waals surface area (Å²) in [5.41, 5.74) is 5.24. The Kier molecular flexibility index (Phi) is 2.53. The lowest BCUT2D eigenvalue weighted by Gasteiger charge is -2.03. The van der Waals surface area contributed by atoms with E-state index >= 15 is 0 Å². The van der Waals surface area contributed by atoms with E-state index < -0.39 is 35.7 Å². The molecule has 1 fully saturated rings. The minimum atomic E-state index is -1.23. The van der Waals surface area contributed by atoms with Gasteiger partial charge in [-0.05, 0) is 0 Å². The van der Waals surface area contributed by atoms with Crippen LogP contribution in [-0.2, 0) is 9.59 Å². The van der Waals surface area contributed by atoms with Gasteiger partial charge in [0.15, 0.2) is 0 Å². The first-order valence-corrected chi connectivity index (χ1v) is 3.82. The maximum Gasteiger partial charge on any atom is 0.320 e. The van der Waals surface area contributed by atoms with Crippen molar-refractivity contribution in [3.63, 3.8) is 0 Å². The smallest absolute Gasteiger partial charge is 0.320 e. The molecule has 0 saturated heterocycles. The summed E-state index contributed by atoms with van der Waals surface area (Å²) in [4.78, 5) is 20.9. The molecule has 4 atom stereocenters. The molecule has 0 amide bonds. The van der Waals surface area contributed by atoms with Crippen molar-refractivity contribution in [2.24, 2.45) is 23.5 Å². The second-order valence-electron chi connectivity index (χ2n) is 3.15. The van der Waals surface area contributed by atoms with E-state index in [1.807, 2.05) is 0 Å². The van der Waals surface area contributed by atoms with Gasteiger partial charge in [0.05, 0.1) is 5.92 Å². The Morgan fingerprint density at radius 2 is 1.92 bits per heavy atom. The maximum absolute atomic E-state index is 10.5. The van der Waals surface area contributed by atoms with E-state index in [2.05, 4.69) is 0 Å². The summed E-state index contributed by atoms with van der Waals surface area (Å²) in [6, 6.07) is -1.20. The minimum Gasteiger partial charge on any atom is -0.481 e. The van der Waals surface area contributed by atoms with Crippen molar-refractivity contribution in [1.82, 2.24) is 0 Å². The summed E-state index contributed by atoms with van der Waals surface area (Å²) >= 11 is 0. The number of hydrogen-bond acceptors (Lipinski definition) is 4. The third-order valence-corrected chi connectivity index (χ3v) is 2.43. The van der Waals surface area contributed by atoms with E-state index in [0.717, 1.165) is 0 Å². The van der Waals surface area contributed by atoms with Crippen molar-refractivity contribution in [3.8, 4) is 0 Å². The summed E-state index contributed by atoms with van der Waals surface area (Å²) in [7, 11) is 0. The molecule has 1 rings (SSSR count). The number of carboxylic acid groups (broad SMARTS) is 2. The van der Waals surface area contributed by atoms with Gasteiger partial charge in [0, 0.05) is 18.4 Å². The van der Waals surface area contributed by atoms with Gasteiger partial charge in [0.2, 0.25) is 0 Å². The Morgan fingerprint density at radius 3 is 2.15 bits per heavy atom. The molecular weight excluding hydrogens is 178 g/mol. The van der Waals surface area contributed by atoms with Crippen LogP contribution in [-0.4, -0.2) is 39.9 Å². The van der Waals surface area contributed by atoms with E-state index in [9.17, 15) is 9.59 Å². The first-order valence-electron chi connectivity index (χ1n) is 3.82. The quantitative estimate of drug-likeness (QED) is 0.420. The normalized spacial score (nSPS) is 33.8. The molecule has 0 spiro atoms. The lowest BCUT2D eigenvalue weighted by molar-refractivity contribution is -0.140. The average Bonchev–Trinajstić information content (AvgIpc) is 2.76. The van der Waals surface area contributed by atoms with Gasteiger partial charge in [-0.1, -0.05) is 0 Å². The van der Waals surface area contributed by atoms with Crippen LogP contribution in [0.15, 0.2) is 0 Å². The highest BCUT2D eigenvalue weighted by molar-refractivity contribution is 5.80. The van der Waals surface area contributed by atoms with Crippen LogP contribution >= 0.6 is 0 Å². The molecule has 6 heteroatoms. The molecule has 5 N–H and O–H groups in total. The number of aliphatic hydroxyl groups is 1. The Balaban J connectivity index is 2.63. The van der Waals surface area contributed by atoms with Gasteiger partial charge >= 0.3 is 11.9 Å². The van der Waals surface area contributed by atoms with Crippen molar-refractivity contribution in [3.05, 3.63) is 0 Å². The highest BCUT2D eigenvalue weighted by atomic mass is 16.4. The molecule has 0 aromatic heterocycles. The molecule has 1 aliphatic rings. The Hall–Kier alpha value is -1.14. The number of hydrogen-bond donors (Lipinski definition) is 4. The number of aliphatic hydroxyl groups excluding tert-OH is 1. The fourth-order valence-electron chi connectivity index (χ4n) is 1.64. The first-order chi connectivity index (χ1) is 6.00. The molecule has 0 aromatic carbocycles. The summed E-state index contributed by atoms with van der Waals surface area (Å²) in [5, 5.41) is 25.8. The van der Waals surface area contributed by atoms with Gasteiger partial charge in [-0.3, -0.25) is 9.59 Å². The van der Waals surface area contributed by atoms with Crippen LogP contribution < -0.4 is 5.73 Å². The van der Waals surface area contributed by atoms with Gasteiger partial charge in [-0.25, -0.2) is 0 Å². The van der Waals surface area contributed by atoms with Crippen LogP contribution in [0, 0.1) is 17.8 Å². The van der Waals surface area contributed by atoms with Gasteiger partial charge in [-0.15, -0.1) is 0 Å². The predicted octanol–water partition coefficient (Wildman–Crippen LogP) is -1.66. The molecule has 1 aliphatic carbocycles. The van der Waals surface area contributed by atoms with Crippen molar-refractivity contribution >= 4 is 11.9 Å². The number of carboxylic acids is 2. The molecule has 0 radical (unpaired) electrons. The fourth-order valence-corrected chi connectivity index (χ4v) is 1.64. The summed E-state index contributed by atoms with van der Waals surface area (Å²) in [6.07, 6.45) is 0. The molecule has 74 valence electrons. The molecule has 0 aromatic rings. The van der Waals surface area contributed by atoms with Crippen LogP contribution in [0.4, 0.5) is 0 Å². The number of nitrogens with two attached hydrogens (primary N) is 1. The summed E-state index contributed by atoms with van der Waals surface area (Å²) in [6.45, 7) is -0.331. The fraction of sp³-hybridized carbons (Fsp3) is 0.714. The van der Waals surface area contributed by atoms with E-state index in [-0.39, 0.29) is 6.61 Å². The van der Waals surface area contributed by atoms with E-state index in [4.69, 9.17) is 21.1 Å². The lowest BCUT2D eigenvalue weighted by atomic mass is 10.1. The van der Waals surface area contributed by atoms with Crippen molar-refractivity contribution in [2.75, 3.05) is 6.61 Å². The van der Waals surface area contributed by atoms with Gasteiger partial charge in [-0.2, -0.15) is 0 Å². The second-order valence-corrected chi connectivity index (χ2v) is 3.15. The topological polar surface area (TPSA) is 121 Å².